The van der Waals surface area contributed by atoms with Gasteiger partial charge in [-0.2, -0.15) is 4.31 Å². The third kappa shape index (κ3) is 6.12. The Labute approximate surface area is 198 Å². The number of benzene rings is 2. The lowest BCUT2D eigenvalue weighted by Crippen LogP contribution is -2.41. The van der Waals surface area contributed by atoms with Gasteiger partial charge in [-0.25, -0.2) is 8.42 Å². The van der Waals surface area contributed by atoms with Gasteiger partial charge in [0.25, 0.3) is 5.91 Å². The highest BCUT2D eigenvalue weighted by Crippen LogP contribution is 2.26. The number of carbonyl (C=O) groups is 3. The number of amides is 2. The van der Waals surface area contributed by atoms with Crippen molar-refractivity contribution in [1.29, 1.82) is 0 Å². The van der Waals surface area contributed by atoms with Gasteiger partial charge in [0, 0.05) is 30.3 Å². The molecule has 0 bridgehead atoms. The first-order valence-corrected chi connectivity index (χ1v) is 12.1. The predicted molar refractivity (Wildman–Crippen MR) is 124 cm³/mol. The lowest BCUT2D eigenvalue weighted by Gasteiger charge is -2.30. The topological polar surface area (TPSA) is 131 Å². The Hall–Kier alpha value is -3.44. The Balaban J connectivity index is 1.56. The van der Waals surface area contributed by atoms with Crippen molar-refractivity contribution < 1.29 is 32.3 Å². The minimum absolute atomic E-state index is 0.179. The Morgan fingerprint density at radius 3 is 2.32 bits per heavy atom. The Bertz CT molecular complexity index is 1140. The average molecular weight is 490 g/mol. The number of rotatable bonds is 8. The van der Waals surface area contributed by atoms with Crippen LogP contribution in [0, 0.1) is 5.92 Å². The summed E-state index contributed by atoms with van der Waals surface area (Å²) in [6.07, 6.45) is 0.751. The van der Waals surface area contributed by atoms with Gasteiger partial charge in [0.2, 0.25) is 15.9 Å². The second-order valence-corrected chi connectivity index (χ2v) is 9.62. The molecule has 0 aromatic heterocycles. The van der Waals surface area contributed by atoms with Crippen LogP contribution < -0.4 is 15.4 Å². The molecule has 3 rings (SSSR count). The molecule has 0 saturated carbocycles. The van der Waals surface area contributed by atoms with Crippen LogP contribution in [0.5, 0.6) is 5.75 Å². The fraction of sp³-hybridized carbons (Fsp3) is 0.348. The fourth-order valence-electron chi connectivity index (χ4n) is 3.56. The molecule has 1 fully saturated rings. The van der Waals surface area contributed by atoms with Crippen molar-refractivity contribution in [3.05, 3.63) is 54.1 Å². The van der Waals surface area contributed by atoms with E-state index < -0.39 is 21.9 Å². The van der Waals surface area contributed by atoms with E-state index in [-0.39, 0.29) is 41.9 Å². The quantitative estimate of drug-likeness (QED) is 0.539. The van der Waals surface area contributed by atoms with Crippen LogP contribution in [0.3, 0.4) is 0 Å². The SMILES string of the molecule is COC(=O)CNC(=O)c1cccc(NC(=O)C2CCN(S(=O)(=O)c3ccc(OC)cc3)CC2)c1. The Kier molecular flexibility index (Phi) is 8.24. The molecule has 1 aliphatic heterocycles. The standard InChI is InChI=1S/C23H27N3O7S/c1-32-19-6-8-20(9-7-19)34(30,31)26-12-10-16(11-13-26)23(29)25-18-5-3-4-17(14-18)22(28)24-15-21(27)33-2/h3-9,14,16H,10-13,15H2,1-2H3,(H,24,28)(H,25,29). The molecule has 2 aromatic carbocycles. The summed E-state index contributed by atoms with van der Waals surface area (Å²) in [7, 11) is -0.920. The van der Waals surface area contributed by atoms with Crippen molar-refractivity contribution in [3.63, 3.8) is 0 Å². The van der Waals surface area contributed by atoms with E-state index in [2.05, 4.69) is 15.4 Å². The van der Waals surface area contributed by atoms with Gasteiger partial charge in [-0.3, -0.25) is 14.4 Å². The number of nitrogens with zero attached hydrogens (tertiary/aromatic N) is 1. The molecule has 1 saturated heterocycles. The van der Waals surface area contributed by atoms with Crippen molar-refractivity contribution in [3.8, 4) is 5.75 Å². The van der Waals surface area contributed by atoms with Crippen LogP contribution in [-0.4, -0.2) is 64.4 Å². The molecule has 1 aliphatic rings. The highest BCUT2D eigenvalue weighted by Gasteiger charge is 2.32. The van der Waals surface area contributed by atoms with Crippen molar-refractivity contribution >= 4 is 33.5 Å². The third-order valence-corrected chi connectivity index (χ3v) is 7.45. The van der Waals surface area contributed by atoms with Crippen LogP contribution in [0.1, 0.15) is 23.2 Å². The van der Waals surface area contributed by atoms with Gasteiger partial charge in [0.05, 0.1) is 19.1 Å². The lowest BCUT2D eigenvalue weighted by atomic mass is 9.97. The summed E-state index contributed by atoms with van der Waals surface area (Å²) in [5, 5.41) is 5.23. The van der Waals surface area contributed by atoms with Crippen LogP contribution in [0.2, 0.25) is 0 Å². The molecule has 2 amide bonds. The zero-order valence-corrected chi connectivity index (χ0v) is 19.8. The monoisotopic (exact) mass is 489 g/mol. The van der Waals surface area contributed by atoms with Crippen molar-refractivity contribution in [1.82, 2.24) is 9.62 Å². The number of hydrogen-bond acceptors (Lipinski definition) is 7. The molecule has 2 N–H and O–H groups in total. The number of sulfonamides is 1. The molecule has 10 nitrogen and oxygen atoms in total. The van der Waals surface area contributed by atoms with E-state index >= 15 is 0 Å². The fourth-order valence-corrected chi connectivity index (χ4v) is 5.03. The average Bonchev–Trinajstić information content (AvgIpc) is 2.87. The van der Waals surface area contributed by atoms with Gasteiger partial charge in [-0.05, 0) is 55.3 Å². The first-order chi connectivity index (χ1) is 16.2. The number of carbonyl (C=O) groups excluding carboxylic acids is 3. The van der Waals surface area contributed by atoms with E-state index in [9.17, 15) is 22.8 Å². The molecule has 182 valence electrons. The van der Waals surface area contributed by atoms with Crippen LogP contribution in [-0.2, 0) is 24.3 Å². The van der Waals surface area contributed by atoms with Crippen LogP contribution in [0.15, 0.2) is 53.4 Å². The molecule has 2 aromatic rings. The lowest BCUT2D eigenvalue weighted by molar-refractivity contribution is -0.139. The summed E-state index contributed by atoms with van der Waals surface area (Å²) in [6, 6.07) is 12.5. The van der Waals surface area contributed by atoms with E-state index in [1.54, 1.807) is 30.3 Å². The highest BCUT2D eigenvalue weighted by atomic mass is 32.2. The summed E-state index contributed by atoms with van der Waals surface area (Å²) in [4.78, 5) is 36.3. The smallest absolute Gasteiger partial charge is 0.325 e. The zero-order valence-electron chi connectivity index (χ0n) is 18.9. The first-order valence-electron chi connectivity index (χ1n) is 10.6. The predicted octanol–water partition coefficient (Wildman–Crippen LogP) is 1.64. The second-order valence-electron chi connectivity index (χ2n) is 7.68. The van der Waals surface area contributed by atoms with Gasteiger partial charge >= 0.3 is 5.97 Å². The Morgan fingerprint density at radius 1 is 1.03 bits per heavy atom. The summed E-state index contributed by atoms with van der Waals surface area (Å²) in [6.45, 7) is 0.189. The normalized spacial score (nSPS) is 14.8. The number of hydrogen-bond donors (Lipinski definition) is 2. The third-order valence-electron chi connectivity index (χ3n) is 5.54. The zero-order chi connectivity index (χ0) is 24.7. The van der Waals surface area contributed by atoms with Gasteiger partial charge in [0.15, 0.2) is 0 Å². The van der Waals surface area contributed by atoms with E-state index in [1.807, 2.05) is 0 Å². The minimum atomic E-state index is -3.66. The minimum Gasteiger partial charge on any atom is -0.497 e. The molecule has 0 unspecified atom stereocenters. The molecule has 11 heteroatoms. The van der Waals surface area contributed by atoms with E-state index in [1.165, 1.54) is 36.7 Å². The maximum atomic E-state index is 12.9. The number of ether oxygens (including phenoxy) is 2. The Morgan fingerprint density at radius 2 is 1.71 bits per heavy atom. The maximum Gasteiger partial charge on any atom is 0.325 e. The summed E-state index contributed by atoms with van der Waals surface area (Å²) in [5.74, 6) is -1.08. The van der Waals surface area contributed by atoms with E-state index in [0.717, 1.165) is 0 Å². The highest BCUT2D eigenvalue weighted by molar-refractivity contribution is 7.89. The van der Waals surface area contributed by atoms with Crippen molar-refractivity contribution in [2.75, 3.05) is 39.2 Å². The van der Waals surface area contributed by atoms with E-state index in [4.69, 9.17) is 4.74 Å². The van der Waals surface area contributed by atoms with Crippen LogP contribution >= 0.6 is 0 Å². The van der Waals surface area contributed by atoms with Crippen molar-refractivity contribution in [2.45, 2.75) is 17.7 Å². The van der Waals surface area contributed by atoms with Gasteiger partial charge in [-0.15, -0.1) is 0 Å². The summed E-state index contributed by atoms with van der Waals surface area (Å²) in [5.41, 5.74) is 0.714. The van der Waals surface area contributed by atoms with Crippen LogP contribution in [0.25, 0.3) is 0 Å². The summed E-state index contributed by atoms with van der Waals surface area (Å²) < 4.78 is 36.7. The molecule has 0 spiro atoms. The molecule has 1 heterocycles. The molecular formula is C23H27N3O7S. The summed E-state index contributed by atoms with van der Waals surface area (Å²) >= 11 is 0. The number of nitrogens with one attached hydrogen (secondary N) is 2. The molecule has 34 heavy (non-hydrogen) atoms. The molecule has 0 atom stereocenters. The van der Waals surface area contributed by atoms with Gasteiger partial charge in [-0.1, -0.05) is 6.07 Å². The van der Waals surface area contributed by atoms with Crippen LogP contribution in [0.4, 0.5) is 5.69 Å². The van der Waals surface area contributed by atoms with Crippen molar-refractivity contribution in [2.24, 2.45) is 5.92 Å². The number of esters is 1. The number of piperidine rings is 1. The van der Waals surface area contributed by atoms with E-state index in [0.29, 0.717) is 24.3 Å². The number of methoxy groups -OCH3 is 2. The van der Waals surface area contributed by atoms with Gasteiger partial charge in [0.1, 0.15) is 12.3 Å². The van der Waals surface area contributed by atoms with Gasteiger partial charge < -0.3 is 20.1 Å². The second kappa shape index (κ2) is 11.1. The molecular weight excluding hydrogens is 462 g/mol. The largest absolute Gasteiger partial charge is 0.497 e. The maximum absolute atomic E-state index is 12.9. The number of anilines is 1. The molecule has 0 radical (unpaired) electrons. The molecule has 0 aliphatic carbocycles. The first kappa shape index (κ1) is 25.2.